The van der Waals surface area contributed by atoms with Gasteiger partial charge in [-0.3, -0.25) is 4.79 Å². The van der Waals surface area contributed by atoms with Gasteiger partial charge in [0.15, 0.2) is 6.10 Å². The lowest BCUT2D eigenvalue weighted by atomic mass is 10.2. The van der Waals surface area contributed by atoms with Crippen molar-refractivity contribution in [3.05, 3.63) is 84.4 Å². The largest absolute Gasteiger partial charge is 0.495 e. The first-order valence-electron chi connectivity index (χ1n) is 12.7. The number of likely N-dealkylation sites (N-methyl/N-ethyl adjacent to an activating group) is 1. The van der Waals surface area contributed by atoms with Crippen LogP contribution in [0.3, 0.4) is 0 Å². The van der Waals surface area contributed by atoms with Gasteiger partial charge in [0.05, 0.1) is 17.7 Å². The summed E-state index contributed by atoms with van der Waals surface area (Å²) in [4.78, 5) is 17.0. The standard InChI is InChI=1S/C29H35N3O5S/c1-23(37-25-12-8-5-9-13-25)29(33)32-20-18-31(19-21-32)27-22-26(14-15-28(27)36-3)38(34,35)30(2)17-16-24-10-6-4-7-11-24/h4-15,22-23H,16-21H2,1-3H3/t23-/m0/s1. The van der Waals surface area contributed by atoms with Crippen LogP contribution in [0.25, 0.3) is 0 Å². The lowest BCUT2D eigenvalue weighted by Gasteiger charge is -2.37. The van der Waals surface area contributed by atoms with Gasteiger partial charge in [0.2, 0.25) is 10.0 Å². The first-order chi connectivity index (χ1) is 18.3. The van der Waals surface area contributed by atoms with Gasteiger partial charge in [0, 0.05) is 39.8 Å². The number of hydrogen-bond acceptors (Lipinski definition) is 6. The van der Waals surface area contributed by atoms with E-state index in [1.54, 1.807) is 44.2 Å². The molecule has 1 atom stereocenters. The minimum atomic E-state index is -3.69. The van der Waals surface area contributed by atoms with Crippen LogP contribution in [0.5, 0.6) is 11.5 Å². The van der Waals surface area contributed by atoms with E-state index in [2.05, 4.69) is 4.90 Å². The van der Waals surface area contributed by atoms with Crippen molar-refractivity contribution in [3.8, 4) is 11.5 Å². The summed E-state index contributed by atoms with van der Waals surface area (Å²) >= 11 is 0. The number of hydrogen-bond donors (Lipinski definition) is 0. The predicted molar refractivity (Wildman–Crippen MR) is 148 cm³/mol. The van der Waals surface area contributed by atoms with E-state index in [9.17, 15) is 13.2 Å². The lowest BCUT2D eigenvalue weighted by Crippen LogP contribution is -2.52. The topological polar surface area (TPSA) is 79.4 Å². The molecule has 0 aliphatic carbocycles. The number of para-hydroxylation sites is 1. The molecule has 3 aromatic rings. The highest BCUT2D eigenvalue weighted by Gasteiger charge is 2.29. The number of benzene rings is 3. The fourth-order valence-electron chi connectivity index (χ4n) is 4.49. The Bertz CT molecular complexity index is 1310. The Morgan fingerprint density at radius 1 is 0.947 bits per heavy atom. The molecule has 0 aromatic heterocycles. The molecule has 202 valence electrons. The van der Waals surface area contributed by atoms with E-state index in [1.807, 2.05) is 60.7 Å². The van der Waals surface area contributed by atoms with Gasteiger partial charge in [-0.25, -0.2) is 12.7 Å². The van der Waals surface area contributed by atoms with Crippen molar-refractivity contribution in [1.82, 2.24) is 9.21 Å². The Morgan fingerprint density at radius 2 is 1.58 bits per heavy atom. The van der Waals surface area contributed by atoms with Gasteiger partial charge < -0.3 is 19.3 Å². The summed E-state index contributed by atoms with van der Waals surface area (Å²) in [6.45, 7) is 4.23. The van der Waals surface area contributed by atoms with E-state index in [4.69, 9.17) is 9.47 Å². The van der Waals surface area contributed by atoms with Crippen molar-refractivity contribution in [2.45, 2.75) is 24.3 Å². The Kier molecular flexibility index (Phi) is 8.91. The third-order valence-corrected chi connectivity index (χ3v) is 8.61. The summed E-state index contributed by atoms with van der Waals surface area (Å²) in [5.41, 5.74) is 1.78. The fourth-order valence-corrected chi connectivity index (χ4v) is 5.68. The highest BCUT2D eigenvalue weighted by Crippen LogP contribution is 2.32. The molecule has 0 radical (unpaired) electrons. The molecule has 3 aromatic carbocycles. The number of carbonyl (C=O) groups excluding carboxylic acids is 1. The third-order valence-electron chi connectivity index (χ3n) is 6.75. The van der Waals surface area contributed by atoms with E-state index >= 15 is 0 Å². The SMILES string of the molecule is COc1ccc(S(=O)(=O)N(C)CCc2ccccc2)cc1N1CCN(C(=O)[C@H](C)Oc2ccccc2)CC1. The highest BCUT2D eigenvalue weighted by atomic mass is 32.2. The molecular formula is C29H35N3O5S. The number of piperazine rings is 1. The van der Waals surface area contributed by atoms with Crippen molar-refractivity contribution >= 4 is 21.6 Å². The molecule has 1 aliphatic heterocycles. The van der Waals surface area contributed by atoms with Gasteiger partial charge in [-0.05, 0) is 49.2 Å². The molecule has 4 rings (SSSR count). The van der Waals surface area contributed by atoms with Gasteiger partial charge >= 0.3 is 0 Å². The number of rotatable bonds is 10. The monoisotopic (exact) mass is 537 g/mol. The van der Waals surface area contributed by atoms with Crippen LogP contribution in [-0.4, -0.2) is 76.5 Å². The van der Waals surface area contributed by atoms with Crippen LogP contribution in [-0.2, 0) is 21.2 Å². The van der Waals surface area contributed by atoms with Gasteiger partial charge in [-0.2, -0.15) is 0 Å². The molecule has 1 aliphatic rings. The molecule has 0 saturated carbocycles. The average Bonchev–Trinajstić information content (AvgIpc) is 2.96. The maximum Gasteiger partial charge on any atom is 0.263 e. The second-order valence-corrected chi connectivity index (χ2v) is 11.3. The molecule has 38 heavy (non-hydrogen) atoms. The predicted octanol–water partition coefficient (Wildman–Crippen LogP) is 3.67. The van der Waals surface area contributed by atoms with Crippen molar-refractivity contribution in [2.24, 2.45) is 0 Å². The lowest BCUT2D eigenvalue weighted by molar-refractivity contribution is -0.138. The van der Waals surface area contributed by atoms with Gasteiger partial charge in [0.25, 0.3) is 5.91 Å². The Morgan fingerprint density at radius 3 is 2.21 bits per heavy atom. The zero-order valence-corrected chi connectivity index (χ0v) is 22.9. The van der Waals surface area contributed by atoms with Crippen molar-refractivity contribution in [3.63, 3.8) is 0 Å². The first-order valence-corrected chi connectivity index (χ1v) is 14.2. The minimum Gasteiger partial charge on any atom is -0.495 e. The van der Waals surface area contributed by atoms with Crippen LogP contribution >= 0.6 is 0 Å². The molecule has 8 nitrogen and oxygen atoms in total. The van der Waals surface area contributed by atoms with Crippen LogP contribution in [0.15, 0.2) is 83.8 Å². The van der Waals surface area contributed by atoms with E-state index in [0.717, 1.165) is 5.56 Å². The maximum atomic E-state index is 13.4. The summed E-state index contributed by atoms with van der Waals surface area (Å²) in [5, 5.41) is 0. The van der Waals surface area contributed by atoms with Crippen LogP contribution < -0.4 is 14.4 Å². The molecule has 1 saturated heterocycles. The summed E-state index contributed by atoms with van der Waals surface area (Å²) in [5.74, 6) is 1.18. The first kappa shape index (κ1) is 27.5. The molecule has 1 amide bonds. The molecule has 0 unspecified atom stereocenters. The second kappa shape index (κ2) is 12.3. The third kappa shape index (κ3) is 6.46. The quantitative estimate of drug-likeness (QED) is 0.393. The van der Waals surface area contributed by atoms with E-state index in [-0.39, 0.29) is 10.8 Å². The summed E-state index contributed by atoms with van der Waals surface area (Å²) in [6.07, 6.45) is 0.0282. The molecule has 1 fully saturated rings. The Hall–Kier alpha value is -3.56. The fraction of sp³-hybridized carbons (Fsp3) is 0.345. The molecular weight excluding hydrogens is 502 g/mol. The molecule has 0 spiro atoms. The maximum absolute atomic E-state index is 13.4. The van der Waals surface area contributed by atoms with E-state index < -0.39 is 16.1 Å². The highest BCUT2D eigenvalue weighted by molar-refractivity contribution is 7.89. The van der Waals surface area contributed by atoms with Crippen LogP contribution in [0.1, 0.15) is 12.5 Å². The van der Waals surface area contributed by atoms with Gasteiger partial charge in [-0.15, -0.1) is 0 Å². The molecule has 0 bridgehead atoms. The van der Waals surface area contributed by atoms with Crippen LogP contribution in [0, 0.1) is 0 Å². The average molecular weight is 538 g/mol. The molecule has 9 heteroatoms. The van der Waals surface area contributed by atoms with Gasteiger partial charge in [0.1, 0.15) is 11.5 Å². The number of ether oxygens (including phenoxy) is 2. The number of sulfonamides is 1. The van der Waals surface area contributed by atoms with Crippen molar-refractivity contribution < 1.29 is 22.7 Å². The number of anilines is 1. The second-order valence-electron chi connectivity index (χ2n) is 9.28. The molecule has 0 N–H and O–H groups in total. The van der Waals surface area contributed by atoms with E-state index in [0.29, 0.717) is 56.3 Å². The molecule has 1 heterocycles. The van der Waals surface area contributed by atoms with Crippen LogP contribution in [0.2, 0.25) is 0 Å². The Labute approximate surface area is 225 Å². The van der Waals surface area contributed by atoms with Gasteiger partial charge in [-0.1, -0.05) is 48.5 Å². The number of nitrogens with zero attached hydrogens (tertiary/aromatic N) is 3. The summed E-state index contributed by atoms with van der Waals surface area (Å²) < 4.78 is 39.5. The van der Waals surface area contributed by atoms with Crippen LogP contribution in [0.4, 0.5) is 5.69 Å². The minimum absolute atomic E-state index is 0.0724. The Balaban J connectivity index is 1.42. The normalized spacial score (nSPS) is 14.8. The van der Waals surface area contributed by atoms with E-state index in [1.165, 1.54) is 4.31 Å². The smallest absolute Gasteiger partial charge is 0.263 e. The zero-order chi connectivity index (χ0) is 27.1. The number of amides is 1. The zero-order valence-electron chi connectivity index (χ0n) is 22.1. The number of methoxy groups -OCH3 is 1. The number of carbonyl (C=O) groups is 1. The summed E-state index contributed by atoms with van der Waals surface area (Å²) in [7, 11) is -0.517. The van der Waals surface area contributed by atoms with Crippen molar-refractivity contribution in [2.75, 3.05) is 51.8 Å². The summed E-state index contributed by atoms with van der Waals surface area (Å²) in [6, 6.07) is 24.1. The van der Waals surface area contributed by atoms with Crippen molar-refractivity contribution in [1.29, 1.82) is 0 Å².